The van der Waals surface area contributed by atoms with Crippen LogP contribution in [0.4, 0.5) is 0 Å². The van der Waals surface area contributed by atoms with Crippen molar-refractivity contribution in [1.82, 2.24) is 14.7 Å². The molecule has 1 aromatic heterocycles. The van der Waals surface area contributed by atoms with Gasteiger partial charge in [-0.1, -0.05) is 25.1 Å². The van der Waals surface area contributed by atoms with Gasteiger partial charge >= 0.3 is 5.97 Å². The van der Waals surface area contributed by atoms with E-state index in [1.54, 1.807) is 36.1 Å². The van der Waals surface area contributed by atoms with Gasteiger partial charge in [0, 0.05) is 25.0 Å². The van der Waals surface area contributed by atoms with Crippen molar-refractivity contribution in [3.63, 3.8) is 0 Å². The lowest BCUT2D eigenvalue weighted by molar-refractivity contribution is -0.149. The molecule has 0 bridgehead atoms. The second kappa shape index (κ2) is 8.33. The van der Waals surface area contributed by atoms with Crippen LogP contribution in [0.3, 0.4) is 0 Å². The number of aromatic nitrogens is 2. The molecule has 2 aromatic rings. The van der Waals surface area contributed by atoms with Gasteiger partial charge in [-0.2, -0.15) is 5.10 Å². The number of hydrogen-bond donors (Lipinski definition) is 0. The quantitative estimate of drug-likeness (QED) is 0.753. The van der Waals surface area contributed by atoms with E-state index >= 15 is 0 Å². The topological polar surface area (TPSA) is 81.5 Å². The van der Waals surface area contributed by atoms with E-state index in [-0.39, 0.29) is 23.4 Å². The first kappa shape index (κ1) is 19.1. The first-order valence-electron chi connectivity index (χ1n) is 9.52. The largest absolute Gasteiger partial charge is 0.466 e. The Morgan fingerprint density at radius 2 is 1.81 bits per heavy atom. The summed E-state index contributed by atoms with van der Waals surface area (Å²) in [6.07, 6.45) is 1.91. The molecule has 1 aliphatic heterocycles. The lowest BCUT2D eigenvalue weighted by atomic mass is 9.96. The summed E-state index contributed by atoms with van der Waals surface area (Å²) in [4.78, 5) is 39.3. The van der Waals surface area contributed by atoms with E-state index in [0.29, 0.717) is 55.5 Å². The Labute approximate surface area is 157 Å². The van der Waals surface area contributed by atoms with E-state index in [1.807, 2.05) is 6.92 Å². The fourth-order valence-corrected chi connectivity index (χ4v) is 3.48. The zero-order chi connectivity index (χ0) is 19.4. The maximum atomic E-state index is 13.1. The zero-order valence-corrected chi connectivity index (χ0v) is 15.8. The number of likely N-dealkylation sites (tertiary alicyclic amines) is 1. The molecule has 7 heteroatoms. The van der Waals surface area contributed by atoms with Crippen LogP contribution in [0.5, 0.6) is 0 Å². The molecular weight excluding hydrogens is 346 g/mol. The van der Waals surface area contributed by atoms with Gasteiger partial charge in [-0.25, -0.2) is 4.68 Å². The summed E-state index contributed by atoms with van der Waals surface area (Å²) in [7, 11) is 0. The van der Waals surface area contributed by atoms with Gasteiger partial charge < -0.3 is 9.64 Å². The molecule has 1 aliphatic rings. The molecule has 1 aromatic carbocycles. The lowest BCUT2D eigenvalue weighted by Gasteiger charge is -2.30. The van der Waals surface area contributed by atoms with Gasteiger partial charge in [-0.15, -0.1) is 0 Å². The van der Waals surface area contributed by atoms with Crippen LogP contribution in [0.25, 0.3) is 10.8 Å². The Hall–Kier alpha value is -2.70. The number of fused-ring (bicyclic) bond motifs is 1. The van der Waals surface area contributed by atoms with Crippen LogP contribution in [-0.2, 0) is 16.1 Å². The molecule has 144 valence electrons. The van der Waals surface area contributed by atoms with Crippen LogP contribution < -0.4 is 5.56 Å². The first-order valence-corrected chi connectivity index (χ1v) is 9.52. The summed E-state index contributed by atoms with van der Waals surface area (Å²) in [6, 6.07) is 7.09. The number of rotatable bonds is 5. The van der Waals surface area contributed by atoms with E-state index in [2.05, 4.69) is 5.10 Å². The van der Waals surface area contributed by atoms with Gasteiger partial charge in [0.2, 0.25) is 0 Å². The minimum Gasteiger partial charge on any atom is -0.466 e. The van der Waals surface area contributed by atoms with Gasteiger partial charge in [0.15, 0.2) is 5.69 Å². The summed E-state index contributed by atoms with van der Waals surface area (Å²) >= 11 is 0. The highest BCUT2D eigenvalue weighted by Gasteiger charge is 2.30. The number of carbonyl (C=O) groups excluding carboxylic acids is 2. The fraction of sp³-hybridized carbons (Fsp3) is 0.500. The molecule has 3 rings (SSSR count). The molecule has 27 heavy (non-hydrogen) atoms. The second-order valence-electron chi connectivity index (χ2n) is 6.74. The third-order valence-corrected chi connectivity index (χ3v) is 4.91. The number of ether oxygens (including phenoxy) is 1. The van der Waals surface area contributed by atoms with Crippen LogP contribution in [0.1, 0.15) is 43.6 Å². The maximum absolute atomic E-state index is 13.1. The van der Waals surface area contributed by atoms with Crippen LogP contribution in [0.15, 0.2) is 29.1 Å². The Kier molecular flexibility index (Phi) is 5.88. The van der Waals surface area contributed by atoms with E-state index in [1.165, 1.54) is 4.68 Å². The van der Waals surface area contributed by atoms with Crippen molar-refractivity contribution in [3.05, 3.63) is 40.3 Å². The highest BCUT2D eigenvalue weighted by molar-refractivity contribution is 6.04. The third kappa shape index (κ3) is 3.86. The molecule has 0 aliphatic carbocycles. The molecule has 2 heterocycles. The molecule has 0 radical (unpaired) electrons. The molecular formula is C20H25N3O4. The van der Waals surface area contributed by atoms with E-state index in [9.17, 15) is 14.4 Å². The minimum atomic E-state index is -0.196. The Morgan fingerprint density at radius 1 is 1.15 bits per heavy atom. The predicted molar refractivity (Wildman–Crippen MR) is 102 cm³/mol. The van der Waals surface area contributed by atoms with Crippen molar-refractivity contribution in [3.8, 4) is 0 Å². The molecule has 0 unspecified atom stereocenters. The summed E-state index contributed by atoms with van der Waals surface area (Å²) in [5.41, 5.74) is 0.123. The number of aryl methyl sites for hydroxylation is 1. The highest BCUT2D eigenvalue weighted by Crippen LogP contribution is 2.22. The van der Waals surface area contributed by atoms with Crippen molar-refractivity contribution < 1.29 is 14.3 Å². The monoisotopic (exact) mass is 371 g/mol. The van der Waals surface area contributed by atoms with Gasteiger partial charge in [0.25, 0.3) is 11.5 Å². The third-order valence-electron chi connectivity index (χ3n) is 4.91. The van der Waals surface area contributed by atoms with Gasteiger partial charge in [-0.05, 0) is 32.3 Å². The fourth-order valence-electron chi connectivity index (χ4n) is 3.48. The number of amides is 1. The number of esters is 1. The number of benzene rings is 1. The molecule has 0 saturated carbocycles. The second-order valence-corrected chi connectivity index (χ2v) is 6.74. The maximum Gasteiger partial charge on any atom is 0.309 e. The van der Waals surface area contributed by atoms with Crippen LogP contribution in [-0.4, -0.2) is 46.3 Å². The van der Waals surface area contributed by atoms with Gasteiger partial charge in [-0.3, -0.25) is 14.4 Å². The normalized spacial score (nSPS) is 15.1. The number of piperidine rings is 1. The molecule has 1 fully saturated rings. The number of carbonyl (C=O) groups is 2. The average Bonchev–Trinajstić information content (AvgIpc) is 2.70. The minimum absolute atomic E-state index is 0.159. The molecule has 0 spiro atoms. The van der Waals surface area contributed by atoms with Crippen molar-refractivity contribution in [2.45, 2.75) is 39.7 Å². The summed E-state index contributed by atoms with van der Waals surface area (Å²) < 4.78 is 6.46. The standard InChI is InChI=1S/C20H25N3O4/c1-3-11-23-18(24)16-8-6-5-7-15(16)17(21-23)19(25)22-12-9-14(10-13-22)20(26)27-4-2/h5-8,14H,3-4,9-13H2,1-2H3. The molecule has 7 nitrogen and oxygen atoms in total. The first-order chi connectivity index (χ1) is 13.1. The smallest absolute Gasteiger partial charge is 0.309 e. The molecule has 0 atom stereocenters. The van der Waals surface area contributed by atoms with Gasteiger partial charge in [0.05, 0.1) is 17.9 Å². The Balaban J connectivity index is 1.87. The SMILES string of the molecule is CCCn1nc(C(=O)N2CCC(C(=O)OCC)CC2)c2ccccc2c1=O. The summed E-state index contributed by atoms with van der Waals surface area (Å²) in [5, 5.41) is 5.45. The Bertz CT molecular complexity index is 898. The zero-order valence-electron chi connectivity index (χ0n) is 15.8. The van der Waals surface area contributed by atoms with Crippen molar-refractivity contribution >= 4 is 22.6 Å². The summed E-state index contributed by atoms with van der Waals surface area (Å²) in [5.74, 6) is -0.546. The molecule has 1 saturated heterocycles. The van der Waals surface area contributed by atoms with Crippen LogP contribution in [0, 0.1) is 5.92 Å². The van der Waals surface area contributed by atoms with E-state index < -0.39 is 0 Å². The van der Waals surface area contributed by atoms with Crippen LogP contribution >= 0.6 is 0 Å². The number of nitrogens with zero attached hydrogens (tertiary/aromatic N) is 3. The van der Waals surface area contributed by atoms with Gasteiger partial charge in [0.1, 0.15) is 0 Å². The summed E-state index contributed by atoms with van der Waals surface area (Å²) in [6.45, 7) is 5.54. The van der Waals surface area contributed by atoms with Crippen molar-refractivity contribution in [1.29, 1.82) is 0 Å². The van der Waals surface area contributed by atoms with E-state index in [0.717, 1.165) is 6.42 Å². The number of hydrogen-bond acceptors (Lipinski definition) is 5. The predicted octanol–water partition coefficient (Wildman–Crippen LogP) is 2.22. The van der Waals surface area contributed by atoms with Crippen molar-refractivity contribution in [2.24, 2.45) is 5.92 Å². The highest BCUT2D eigenvalue weighted by atomic mass is 16.5. The Morgan fingerprint density at radius 3 is 2.44 bits per heavy atom. The van der Waals surface area contributed by atoms with E-state index in [4.69, 9.17) is 4.74 Å². The lowest BCUT2D eigenvalue weighted by Crippen LogP contribution is -2.41. The van der Waals surface area contributed by atoms with Crippen LogP contribution in [0.2, 0.25) is 0 Å². The van der Waals surface area contributed by atoms with Crippen molar-refractivity contribution in [2.75, 3.05) is 19.7 Å². The average molecular weight is 371 g/mol. The molecule has 1 amide bonds. The molecule has 0 N–H and O–H groups in total.